The second-order valence-electron chi connectivity index (χ2n) is 4.74. The summed E-state index contributed by atoms with van der Waals surface area (Å²) in [6, 6.07) is 2.15. The van der Waals surface area contributed by atoms with Crippen LogP contribution in [0.3, 0.4) is 0 Å². The average Bonchev–Trinajstić information content (AvgIpc) is 2.82. The van der Waals surface area contributed by atoms with Crippen molar-refractivity contribution < 1.29 is 4.79 Å². The highest BCUT2D eigenvalue weighted by Gasteiger charge is 2.18. The van der Waals surface area contributed by atoms with Gasteiger partial charge in [0.05, 0.1) is 0 Å². The molecule has 0 fully saturated rings. The summed E-state index contributed by atoms with van der Waals surface area (Å²) in [5.74, 6) is 0.558. The third-order valence-electron chi connectivity index (χ3n) is 3.04. The predicted octanol–water partition coefficient (Wildman–Crippen LogP) is 2.92. The normalized spacial score (nSPS) is 12.8. The van der Waals surface area contributed by atoms with Crippen LogP contribution < -0.4 is 5.73 Å². The summed E-state index contributed by atoms with van der Waals surface area (Å²) in [5, 5.41) is 1.97. The van der Waals surface area contributed by atoms with Crippen LogP contribution >= 0.6 is 23.1 Å². The second kappa shape index (κ2) is 7.16. The van der Waals surface area contributed by atoms with Gasteiger partial charge >= 0.3 is 0 Å². The van der Waals surface area contributed by atoms with Crippen molar-refractivity contribution in [3.05, 3.63) is 16.3 Å². The van der Waals surface area contributed by atoms with Crippen LogP contribution in [0.1, 0.15) is 29.9 Å². The van der Waals surface area contributed by atoms with Crippen molar-refractivity contribution in [1.82, 2.24) is 4.90 Å². The standard InChI is InChI=1S/C13H22N2OS2/c1-9(2)10(14)5-7-15(3)13(16)12-11(17-4)6-8-18-12/h6,8-10H,5,7,14H2,1-4H3. The third kappa shape index (κ3) is 4.00. The molecule has 5 heteroatoms. The Morgan fingerprint density at radius 1 is 1.56 bits per heavy atom. The number of nitrogens with zero attached hydrogens (tertiary/aromatic N) is 1. The fourth-order valence-electron chi connectivity index (χ4n) is 1.57. The topological polar surface area (TPSA) is 46.3 Å². The molecule has 0 aliphatic carbocycles. The number of carbonyl (C=O) groups is 1. The van der Waals surface area contributed by atoms with Crippen molar-refractivity contribution >= 4 is 29.0 Å². The van der Waals surface area contributed by atoms with Gasteiger partial charge in [0.15, 0.2) is 0 Å². The second-order valence-corrected chi connectivity index (χ2v) is 6.51. The summed E-state index contributed by atoms with van der Waals surface area (Å²) in [5.41, 5.74) is 6.00. The van der Waals surface area contributed by atoms with Gasteiger partial charge in [-0.3, -0.25) is 4.79 Å². The van der Waals surface area contributed by atoms with Crippen LogP contribution in [-0.2, 0) is 0 Å². The monoisotopic (exact) mass is 286 g/mol. The molecule has 0 aliphatic rings. The van der Waals surface area contributed by atoms with E-state index in [0.29, 0.717) is 12.5 Å². The van der Waals surface area contributed by atoms with Gasteiger partial charge < -0.3 is 10.6 Å². The minimum atomic E-state index is 0.102. The van der Waals surface area contributed by atoms with Crippen LogP contribution in [0.5, 0.6) is 0 Å². The van der Waals surface area contributed by atoms with Gasteiger partial charge in [-0.2, -0.15) is 0 Å². The van der Waals surface area contributed by atoms with E-state index in [4.69, 9.17) is 5.73 Å². The van der Waals surface area contributed by atoms with Crippen LogP contribution in [-0.4, -0.2) is 36.7 Å². The van der Waals surface area contributed by atoms with Gasteiger partial charge in [0.1, 0.15) is 4.88 Å². The summed E-state index contributed by atoms with van der Waals surface area (Å²) < 4.78 is 0. The zero-order valence-corrected chi connectivity index (χ0v) is 13.1. The molecule has 1 amide bonds. The maximum Gasteiger partial charge on any atom is 0.264 e. The van der Waals surface area contributed by atoms with E-state index in [0.717, 1.165) is 16.2 Å². The van der Waals surface area contributed by atoms with Crippen molar-refractivity contribution in [3.63, 3.8) is 0 Å². The highest BCUT2D eigenvalue weighted by Crippen LogP contribution is 2.26. The summed E-state index contributed by atoms with van der Waals surface area (Å²) in [7, 11) is 1.85. The summed E-state index contributed by atoms with van der Waals surface area (Å²) in [6.45, 7) is 4.93. The maximum absolute atomic E-state index is 12.3. The first-order chi connectivity index (χ1) is 8.47. The lowest BCUT2D eigenvalue weighted by atomic mass is 10.0. The van der Waals surface area contributed by atoms with Crippen molar-refractivity contribution in [2.24, 2.45) is 11.7 Å². The van der Waals surface area contributed by atoms with Gasteiger partial charge in [-0.05, 0) is 30.0 Å². The molecule has 0 saturated carbocycles. The van der Waals surface area contributed by atoms with Crippen LogP contribution in [0.4, 0.5) is 0 Å². The number of hydrogen-bond acceptors (Lipinski definition) is 4. The number of thioether (sulfide) groups is 1. The smallest absolute Gasteiger partial charge is 0.264 e. The number of carbonyl (C=O) groups excluding carboxylic acids is 1. The van der Waals surface area contributed by atoms with E-state index in [-0.39, 0.29) is 11.9 Å². The molecule has 0 spiro atoms. The first kappa shape index (κ1) is 15.5. The number of amides is 1. The fraction of sp³-hybridized carbons (Fsp3) is 0.615. The predicted molar refractivity (Wildman–Crippen MR) is 80.5 cm³/mol. The molecule has 1 rings (SSSR count). The van der Waals surface area contributed by atoms with Gasteiger partial charge in [0, 0.05) is 24.5 Å². The Balaban J connectivity index is 2.57. The first-order valence-electron chi connectivity index (χ1n) is 6.09. The molecule has 0 aliphatic heterocycles. The van der Waals surface area contributed by atoms with E-state index in [9.17, 15) is 4.79 Å². The van der Waals surface area contributed by atoms with Gasteiger partial charge in [-0.15, -0.1) is 23.1 Å². The lowest BCUT2D eigenvalue weighted by Crippen LogP contribution is -2.34. The van der Waals surface area contributed by atoms with E-state index in [2.05, 4.69) is 13.8 Å². The minimum absolute atomic E-state index is 0.102. The van der Waals surface area contributed by atoms with Crippen molar-refractivity contribution in [2.45, 2.75) is 31.2 Å². The van der Waals surface area contributed by atoms with Crippen molar-refractivity contribution in [1.29, 1.82) is 0 Å². The van der Waals surface area contributed by atoms with E-state index >= 15 is 0 Å². The Morgan fingerprint density at radius 2 is 2.22 bits per heavy atom. The Bertz CT molecular complexity index is 390. The van der Waals surface area contributed by atoms with E-state index in [1.807, 2.05) is 24.7 Å². The zero-order chi connectivity index (χ0) is 13.7. The van der Waals surface area contributed by atoms with E-state index in [1.54, 1.807) is 16.7 Å². The van der Waals surface area contributed by atoms with Gasteiger partial charge in [0.25, 0.3) is 5.91 Å². The van der Waals surface area contributed by atoms with Gasteiger partial charge in [-0.1, -0.05) is 13.8 Å². The summed E-state index contributed by atoms with van der Waals surface area (Å²) in [4.78, 5) is 15.9. The molecule has 1 unspecified atom stereocenters. The number of nitrogens with two attached hydrogens (primary N) is 1. The molecule has 1 atom stereocenters. The van der Waals surface area contributed by atoms with Crippen LogP contribution in [0, 0.1) is 5.92 Å². The molecule has 0 aromatic carbocycles. The molecular weight excluding hydrogens is 264 g/mol. The molecule has 1 aromatic heterocycles. The van der Waals surface area contributed by atoms with Gasteiger partial charge in [-0.25, -0.2) is 0 Å². The summed E-state index contributed by atoms with van der Waals surface area (Å²) >= 11 is 3.12. The molecule has 0 radical (unpaired) electrons. The van der Waals surface area contributed by atoms with E-state index in [1.165, 1.54) is 11.3 Å². The molecule has 0 saturated heterocycles. The molecule has 1 heterocycles. The zero-order valence-electron chi connectivity index (χ0n) is 11.5. The lowest BCUT2D eigenvalue weighted by Gasteiger charge is -2.21. The molecule has 102 valence electrons. The largest absolute Gasteiger partial charge is 0.341 e. The lowest BCUT2D eigenvalue weighted by molar-refractivity contribution is 0.0791. The summed E-state index contributed by atoms with van der Waals surface area (Å²) in [6.07, 6.45) is 2.84. The minimum Gasteiger partial charge on any atom is -0.341 e. The Kier molecular flexibility index (Phi) is 6.18. The number of hydrogen-bond donors (Lipinski definition) is 1. The Hall–Kier alpha value is -0.520. The van der Waals surface area contributed by atoms with Crippen LogP contribution in [0.2, 0.25) is 0 Å². The highest BCUT2D eigenvalue weighted by atomic mass is 32.2. The van der Waals surface area contributed by atoms with Crippen LogP contribution in [0.25, 0.3) is 0 Å². The SMILES string of the molecule is CSc1ccsc1C(=O)N(C)CCC(N)C(C)C. The fourth-order valence-corrected chi connectivity index (χ4v) is 3.30. The number of rotatable bonds is 6. The Labute approximate surface area is 118 Å². The molecule has 2 N–H and O–H groups in total. The molecule has 18 heavy (non-hydrogen) atoms. The molecule has 1 aromatic rings. The quantitative estimate of drug-likeness (QED) is 0.818. The van der Waals surface area contributed by atoms with Crippen LogP contribution in [0.15, 0.2) is 16.3 Å². The van der Waals surface area contributed by atoms with E-state index < -0.39 is 0 Å². The number of thiophene rings is 1. The highest BCUT2D eigenvalue weighted by molar-refractivity contribution is 7.98. The molecule has 3 nitrogen and oxygen atoms in total. The maximum atomic E-state index is 12.3. The van der Waals surface area contributed by atoms with Crippen molar-refractivity contribution in [3.8, 4) is 0 Å². The molecule has 0 bridgehead atoms. The van der Waals surface area contributed by atoms with Crippen molar-refractivity contribution in [2.75, 3.05) is 19.8 Å². The average molecular weight is 286 g/mol. The van der Waals surface area contributed by atoms with Gasteiger partial charge in [0.2, 0.25) is 0 Å². The first-order valence-corrected chi connectivity index (χ1v) is 8.20. The third-order valence-corrected chi connectivity index (χ3v) is 4.86. The Morgan fingerprint density at radius 3 is 2.78 bits per heavy atom. The molecular formula is C13H22N2OS2.